The average molecular weight is 341 g/mol. The van der Waals surface area contributed by atoms with Crippen molar-refractivity contribution in [2.24, 2.45) is 5.73 Å². The Balaban J connectivity index is 0. The van der Waals surface area contributed by atoms with Gasteiger partial charge >= 0.3 is 21.5 Å². The van der Waals surface area contributed by atoms with Crippen molar-refractivity contribution in [3.63, 3.8) is 0 Å². The lowest BCUT2D eigenvalue weighted by molar-refractivity contribution is -0.135. The molecular formula is C11H20F5NO3S. The molecule has 0 aromatic heterocycles. The number of hydrogen-bond acceptors (Lipinski definition) is 3. The summed E-state index contributed by atoms with van der Waals surface area (Å²) in [6.45, 7) is 3.94. The zero-order valence-corrected chi connectivity index (χ0v) is 12.2. The molecule has 0 amide bonds. The van der Waals surface area contributed by atoms with Crippen LogP contribution in [-0.4, -0.2) is 30.9 Å². The topological polar surface area (TPSA) is 80.4 Å². The number of rotatable bonds is 8. The smallest absolute Gasteiger partial charge is 0.327 e. The van der Waals surface area contributed by atoms with E-state index in [0.717, 1.165) is 0 Å². The first-order valence-electron chi connectivity index (χ1n) is 6.10. The highest BCUT2D eigenvalue weighted by Crippen LogP contribution is 2.28. The normalized spacial score (nSPS) is 12.5. The van der Waals surface area contributed by atoms with Crippen LogP contribution < -0.4 is 5.73 Å². The minimum absolute atomic E-state index is 0.0567. The molecule has 0 aliphatic heterocycles. The predicted molar refractivity (Wildman–Crippen MR) is 69.5 cm³/mol. The highest BCUT2D eigenvalue weighted by Gasteiger charge is 2.42. The number of alkyl halides is 5. The van der Waals surface area contributed by atoms with Gasteiger partial charge in [0.25, 0.3) is 0 Å². The first-order chi connectivity index (χ1) is 9.37. The zero-order chi connectivity index (χ0) is 17.2. The van der Waals surface area contributed by atoms with Crippen LogP contribution in [0.4, 0.5) is 22.0 Å². The molecule has 0 heterocycles. The Bertz CT molecular complexity index is 382. The van der Waals surface area contributed by atoms with E-state index in [2.05, 4.69) is 6.58 Å². The molecule has 21 heavy (non-hydrogen) atoms. The lowest BCUT2D eigenvalue weighted by Gasteiger charge is -2.12. The number of nitrogens with two attached hydrogens (primary N) is 1. The molecule has 0 rings (SSSR count). The van der Waals surface area contributed by atoms with Crippen LogP contribution in [0.3, 0.4) is 0 Å². The maximum absolute atomic E-state index is 12.6. The second-order valence-electron chi connectivity index (χ2n) is 4.17. The van der Waals surface area contributed by atoms with Crippen LogP contribution >= 0.6 is 0 Å². The molecule has 0 aliphatic rings. The van der Waals surface area contributed by atoms with Gasteiger partial charge in [-0.05, 0) is 12.8 Å². The molecule has 0 aromatic carbocycles. The third kappa shape index (κ3) is 14.0. The average Bonchev–Trinajstić information content (AvgIpc) is 2.31. The molecule has 128 valence electrons. The highest BCUT2D eigenvalue weighted by atomic mass is 32.2. The second kappa shape index (κ2) is 10.1. The van der Waals surface area contributed by atoms with Crippen LogP contribution in [0.2, 0.25) is 0 Å². The molecule has 0 atom stereocenters. The fourth-order valence-electron chi connectivity index (χ4n) is 1.14. The van der Waals surface area contributed by atoms with Crippen molar-refractivity contribution in [1.82, 2.24) is 0 Å². The molecule has 0 aromatic rings. The molecule has 4 nitrogen and oxygen atoms in total. The summed E-state index contributed by atoms with van der Waals surface area (Å²) in [4.78, 5) is 0. The monoisotopic (exact) mass is 341 g/mol. The first-order valence-corrected chi connectivity index (χ1v) is 7.54. The summed E-state index contributed by atoms with van der Waals surface area (Å²) < 4.78 is 88.7. The van der Waals surface area contributed by atoms with Gasteiger partial charge in [0.05, 0.1) is 0 Å². The summed E-state index contributed by atoms with van der Waals surface area (Å²) in [5, 5.41) is -4.23. The zero-order valence-electron chi connectivity index (χ0n) is 11.4. The van der Waals surface area contributed by atoms with Crippen molar-refractivity contribution in [2.45, 2.75) is 50.0 Å². The van der Waals surface area contributed by atoms with Gasteiger partial charge in [0.1, 0.15) is 0 Å². The summed E-state index contributed by atoms with van der Waals surface area (Å²) in [6.07, 6.45) is -4.98. The minimum Gasteiger partial charge on any atom is -0.327 e. The maximum atomic E-state index is 12.6. The molecule has 10 heteroatoms. The van der Waals surface area contributed by atoms with Crippen molar-refractivity contribution in [2.75, 3.05) is 6.54 Å². The summed E-state index contributed by atoms with van der Waals surface area (Å²) in [7, 11) is -5.43. The largest absolute Gasteiger partial charge is 0.389 e. The molecule has 0 spiro atoms. The quantitative estimate of drug-likeness (QED) is 0.306. The lowest BCUT2D eigenvalue weighted by atomic mass is 10.1. The summed E-state index contributed by atoms with van der Waals surface area (Å²) in [5.41, 5.74) is 4.91. The number of halogens is 5. The van der Waals surface area contributed by atoms with Crippen molar-refractivity contribution < 1.29 is 34.9 Å². The highest BCUT2D eigenvalue weighted by molar-refractivity contribution is 7.86. The molecule has 0 saturated carbocycles. The lowest BCUT2D eigenvalue weighted by Crippen LogP contribution is -2.27. The SMILES string of the molecule is C=CCN.O=S(=O)(O)C(F)(F)CCCCCCC(F)(F)F. The third-order valence-corrected chi connectivity index (χ3v) is 3.18. The number of unbranched alkanes of at least 4 members (excludes halogenated alkanes) is 3. The van der Waals surface area contributed by atoms with Crippen molar-refractivity contribution in [3.8, 4) is 0 Å². The van der Waals surface area contributed by atoms with E-state index in [1.54, 1.807) is 6.08 Å². The van der Waals surface area contributed by atoms with Gasteiger partial charge < -0.3 is 5.73 Å². The van der Waals surface area contributed by atoms with Crippen molar-refractivity contribution in [3.05, 3.63) is 12.7 Å². The van der Waals surface area contributed by atoms with Crippen LogP contribution in [0.15, 0.2) is 12.7 Å². The van der Waals surface area contributed by atoms with Crippen LogP contribution in [0.25, 0.3) is 0 Å². The molecule has 3 N–H and O–H groups in total. The van der Waals surface area contributed by atoms with E-state index in [9.17, 15) is 30.4 Å². The van der Waals surface area contributed by atoms with Gasteiger partial charge in [-0.2, -0.15) is 30.4 Å². The number of hydrogen-bond donors (Lipinski definition) is 2. The van der Waals surface area contributed by atoms with Gasteiger partial charge in [-0.3, -0.25) is 4.55 Å². The molecule has 0 saturated heterocycles. The molecule has 0 radical (unpaired) electrons. The van der Waals surface area contributed by atoms with E-state index in [0.29, 0.717) is 6.54 Å². The van der Waals surface area contributed by atoms with Crippen molar-refractivity contribution in [1.29, 1.82) is 0 Å². The Labute approximate surface area is 121 Å². The Morgan fingerprint density at radius 1 is 1.00 bits per heavy atom. The minimum atomic E-state index is -5.43. The molecular weight excluding hydrogens is 321 g/mol. The Kier molecular flexibility index (Phi) is 10.8. The van der Waals surface area contributed by atoms with Gasteiger partial charge in [-0.1, -0.05) is 18.9 Å². The standard InChI is InChI=1S/C8H13F5O3S.C3H7N/c9-7(10,11)5-3-1-2-4-6-8(12,13)17(14,15)16;1-2-3-4/h1-6H2,(H,14,15,16);2H,1,3-4H2. The molecule has 0 unspecified atom stereocenters. The first kappa shape index (κ1) is 22.5. The Morgan fingerprint density at radius 3 is 1.67 bits per heavy atom. The van der Waals surface area contributed by atoms with Gasteiger partial charge in [0, 0.05) is 19.4 Å². The Morgan fingerprint density at radius 2 is 1.38 bits per heavy atom. The molecule has 0 bridgehead atoms. The fraction of sp³-hybridized carbons (Fsp3) is 0.818. The Hall–Kier alpha value is -0.740. The van der Waals surface area contributed by atoms with Crippen LogP contribution in [0.5, 0.6) is 0 Å². The van der Waals surface area contributed by atoms with E-state index < -0.39 is 34.4 Å². The molecule has 0 fully saturated rings. The van der Waals surface area contributed by atoms with E-state index in [4.69, 9.17) is 10.3 Å². The van der Waals surface area contributed by atoms with Crippen LogP contribution in [0, 0.1) is 0 Å². The van der Waals surface area contributed by atoms with Gasteiger partial charge in [0.2, 0.25) is 0 Å². The molecule has 0 aliphatic carbocycles. The predicted octanol–water partition coefficient (Wildman–Crippen LogP) is 3.50. The third-order valence-electron chi connectivity index (χ3n) is 2.22. The van der Waals surface area contributed by atoms with Crippen molar-refractivity contribution >= 4 is 10.1 Å². The maximum Gasteiger partial charge on any atom is 0.389 e. The van der Waals surface area contributed by atoms with Crippen LogP contribution in [0.1, 0.15) is 38.5 Å². The van der Waals surface area contributed by atoms with E-state index >= 15 is 0 Å². The van der Waals surface area contributed by atoms with E-state index in [-0.39, 0.29) is 25.7 Å². The fourth-order valence-corrected chi connectivity index (χ4v) is 1.54. The van der Waals surface area contributed by atoms with E-state index in [1.807, 2.05) is 0 Å². The van der Waals surface area contributed by atoms with E-state index in [1.165, 1.54) is 0 Å². The second-order valence-corrected chi connectivity index (χ2v) is 5.71. The summed E-state index contributed by atoms with van der Waals surface area (Å²) in [6, 6.07) is 0. The van der Waals surface area contributed by atoms with Gasteiger partial charge in [-0.25, -0.2) is 0 Å². The van der Waals surface area contributed by atoms with Crippen LogP contribution in [-0.2, 0) is 10.1 Å². The summed E-state index contributed by atoms with van der Waals surface area (Å²) >= 11 is 0. The van der Waals surface area contributed by atoms with Gasteiger partial charge in [-0.15, -0.1) is 6.58 Å². The summed E-state index contributed by atoms with van der Waals surface area (Å²) in [5.74, 6) is 0. The van der Waals surface area contributed by atoms with Gasteiger partial charge in [0.15, 0.2) is 0 Å².